The lowest BCUT2D eigenvalue weighted by atomic mass is 9.79. The molecule has 0 saturated carbocycles. The zero-order chi connectivity index (χ0) is 22.1. The molecule has 1 unspecified atom stereocenters. The van der Waals surface area contributed by atoms with E-state index in [0.717, 1.165) is 10.0 Å². The van der Waals surface area contributed by atoms with Crippen molar-refractivity contribution in [3.8, 4) is 0 Å². The summed E-state index contributed by atoms with van der Waals surface area (Å²) in [6, 6.07) is 9.48. The second kappa shape index (κ2) is 8.97. The van der Waals surface area contributed by atoms with E-state index in [9.17, 15) is 18.0 Å². The molecule has 0 aromatic heterocycles. The number of halogens is 6. The van der Waals surface area contributed by atoms with Gasteiger partial charge in [-0.15, -0.1) is 0 Å². The minimum atomic E-state index is -4.46. The van der Waals surface area contributed by atoms with Gasteiger partial charge in [-0.05, 0) is 47.9 Å². The molecule has 2 aromatic rings. The van der Waals surface area contributed by atoms with Gasteiger partial charge in [-0.3, -0.25) is 4.79 Å². The average molecular weight is 524 g/mol. The fourth-order valence-electron chi connectivity index (χ4n) is 3.69. The maximum Gasteiger partial charge on any atom is 0.400 e. The number of carbonyl (C=O) groups excluding carboxylic acids is 1. The van der Waals surface area contributed by atoms with E-state index < -0.39 is 11.6 Å². The van der Waals surface area contributed by atoms with Gasteiger partial charge in [-0.25, -0.2) is 0 Å². The Labute approximate surface area is 191 Å². The first-order valence-electron chi connectivity index (χ1n) is 9.39. The Bertz CT molecular complexity index is 934. The number of anilines is 1. The molecule has 1 atom stereocenters. The lowest BCUT2D eigenvalue weighted by Crippen LogP contribution is -2.44. The van der Waals surface area contributed by atoms with Crippen LogP contribution in [-0.4, -0.2) is 25.2 Å². The molecule has 0 bridgehead atoms. The van der Waals surface area contributed by atoms with Gasteiger partial charge >= 0.3 is 6.18 Å². The number of benzene rings is 2. The molecule has 9 heteroatoms. The molecule has 1 aliphatic heterocycles. The number of nitrogens with one attached hydrogen (secondary N) is 1. The molecule has 2 aromatic carbocycles. The third kappa shape index (κ3) is 4.73. The minimum Gasteiger partial charge on any atom is -0.370 e. The number of hydrogen-bond acceptors (Lipinski definition) is 2. The van der Waals surface area contributed by atoms with Gasteiger partial charge in [0.2, 0.25) is 5.91 Å². The van der Waals surface area contributed by atoms with Crippen LogP contribution in [0.3, 0.4) is 0 Å². The molecule has 1 fully saturated rings. The van der Waals surface area contributed by atoms with Crippen LogP contribution in [0, 0.1) is 0 Å². The van der Waals surface area contributed by atoms with E-state index in [2.05, 4.69) is 21.2 Å². The summed E-state index contributed by atoms with van der Waals surface area (Å²) in [6.45, 7) is 2.12. The number of amides is 1. The van der Waals surface area contributed by atoms with Crippen molar-refractivity contribution in [3.05, 3.63) is 62.0 Å². The third-order valence-corrected chi connectivity index (χ3v) is 6.60. The van der Waals surface area contributed by atoms with E-state index in [-0.39, 0.29) is 41.0 Å². The van der Waals surface area contributed by atoms with Crippen molar-refractivity contribution in [1.29, 1.82) is 0 Å². The number of rotatable bonds is 5. The third-order valence-electron chi connectivity index (χ3n) is 5.43. The normalized spacial score (nSPS) is 19.2. The summed E-state index contributed by atoms with van der Waals surface area (Å²) in [7, 11) is 0. The predicted octanol–water partition coefficient (Wildman–Crippen LogP) is 6.49. The number of carbonyl (C=O) groups is 1. The molecule has 0 radical (unpaired) electrons. The zero-order valence-corrected chi connectivity index (χ0v) is 19.2. The van der Waals surface area contributed by atoms with Crippen molar-refractivity contribution in [2.24, 2.45) is 0 Å². The van der Waals surface area contributed by atoms with Crippen molar-refractivity contribution in [1.82, 2.24) is 5.32 Å². The quantitative estimate of drug-likeness (QED) is 0.485. The molecule has 1 amide bonds. The lowest BCUT2D eigenvalue weighted by Gasteiger charge is -2.33. The maximum atomic E-state index is 14.2. The molecular weight excluding hydrogens is 504 g/mol. The topological polar surface area (TPSA) is 32.3 Å². The van der Waals surface area contributed by atoms with E-state index >= 15 is 0 Å². The Morgan fingerprint density at radius 3 is 2.43 bits per heavy atom. The largest absolute Gasteiger partial charge is 0.400 e. The van der Waals surface area contributed by atoms with Crippen LogP contribution in [0.25, 0.3) is 0 Å². The molecule has 3 rings (SSSR count). The van der Waals surface area contributed by atoms with E-state index in [1.54, 1.807) is 30.0 Å². The molecule has 162 valence electrons. The number of nitrogens with zero attached hydrogens (tertiary/aromatic N) is 1. The van der Waals surface area contributed by atoms with Gasteiger partial charge in [0.25, 0.3) is 0 Å². The smallest absolute Gasteiger partial charge is 0.370 e. The van der Waals surface area contributed by atoms with E-state index in [1.165, 1.54) is 18.2 Å². The Morgan fingerprint density at radius 2 is 1.87 bits per heavy atom. The van der Waals surface area contributed by atoms with Crippen LogP contribution >= 0.6 is 39.1 Å². The van der Waals surface area contributed by atoms with Crippen LogP contribution in [0.15, 0.2) is 40.9 Å². The van der Waals surface area contributed by atoms with E-state index in [4.69, 9.17) is 23.2 Å². The van der Waals surface area contributed by atoms with Gasteiger partial charge in [0.05, 0.1) is 0 Å². The van der Waals surface area contributed by atoms with E-state index in [0.29, 0.717) is 18.7 Å². The summed E-state index contributed by atoms with van der Waals surface area (Å²) in [5.41, 5.74) is -0.454. The summed E-state index contributed by atoms with van der Waals surface area (Å²) in [4.78, 5) is 13.2. The summed E-state index contributed by atoms with van der Waals surface area (Å²) in [5, 5.41) is 3.15. The molecule has 1 heterocycles. The van der Waals surface area contributed by atoms with Gasteiger partial charge in [-0.2, -0.15) is 13.2 Å². The Balaban J connectivity index is 1.87. The highest BCUT2D eigenvalue weighted by Gasteiger charge is 2.59. The fourth-order valence-corrected chi connectivity index (χ4v) is 4.72. The maximum absolute atomic E-state index is 14.2. The van der Waals surface area contributed by atoms with Gasteiger partial charge in [0, 0.05) is 46.3 Å². The van der Waals surface area contributed by atoms with Crippen molar-refractivity contribution < 1.29 is 18.0 Å². The highest BCUT2D eigenvalue weighted by molar-refractivity contribution is 9.10. The molecule has 3 nitrogen and oxygen atoms in total. The highest BCUT2D eigenvalue weighted by Crippen LogP contribution is 2.49. The molecule has 1 N–H and O–H groups in total. The van der Waals surface area contributed by atoms with Crippen LogP contribution in [0.5, 0.6) is 0 Å². The average Bonchev–Trinajstić information content (AvgIpc) is 3.13. The molecule has 0 spiro atoms. The summed E-state index contributed by atoms with van der Waals surface area (Å²) in [5.74, 6) is -0.0688. The molecular formula is C21H20BrCl2F3N2O. The standard InChI is InChI=1S/C21H20BrCl2F3N2O/c1-2-19(30)28-11-13-3-4-17(10-18(13)22)29-6-5-20(12-29,21(25,26)27)14-7-15(23)9-16(24)8-14/h3-4,7-10H,2,5-6,11-12H2,1H3,(H,28,30). The van der Waals surface area contributed by atoms with Crippen LogP contribution in [0.4, 0.5) is 18.9 Å². The van der Waals surface area contributed by atoms with Crippen molar-refractivity contribution in [2.75, 3.05) is 18.0 Å². The number of alkyl halides is 3. The van der Waals surface area contributed by atoms with Gasteiger partial charge < -0.3 is 10.2 Å². The van der Waals surface area contributed by atoms with Crippen molar-refractivity contribution in [3.63, 3.8) is 0 Å². The SMILES string of the molecule is CCC(=O)NCc1ccc(N2CCC(c3cc(Cl)cc(Cl)c3)(C(F)(F)F)C2)cc1Br. The van der Waals surface area contributed by atoms with Crippen LogP contribution < -0.4 is 10.2 Å². The first kappa shape index (κ1) is 23.2. The first-order valence-corrected chi connectivity index (χ1v) is 10.9. The van der Waals surface area contributed by atoms with Gasteiger partial charge in [-0.1, -0.05) is 52.1 Å². The van der Waals surface area contributed by atoms with Crippen molar-refractivity contribution >= 4 is 50.7 Å². The Morgan fingerprint density at radius 1 is 1.20 bits per heavy atom. The highest BCUT2D eigenvalue weighted by atomic mass is 79.9. The first-order chi connectivity index (χ1) is 14.1. The summed E-state index contributed by atoms with van der Waals surface area (Å²) >= 11 is 15.4. The summed E-state index contributed by atoms with van der Waals surface area (Å²) < 4.78 is 43.5. The second-order valence-electron chi connectivity index (χ2n) is 7.32. The molecule has 1 aliphatic rings. The molecule has 30 heavy (non-hydrogen) atoms. The zero-order valence-electron chi connectivity index (χ0n) is 16.1. The van der Waals surface area contributed by atoms with Crippen LogP contribution in [-0.2, 0) is 16.8 Å². The molecule has 0 aliphatic carbocycles. The van der Waals surface area contributed by atoms with Crippen LogP contribution in [0.1, 0.15) is 30.9 Å². The Kier molecular flexibility index (Phi) is 6.94. The molecule has 1 saturated heterocycles. The summed E-state index contributed by atoms with van der Waals surface area (Å²) in [6.07, 6.45) is -4.17. The fraction of sp³-hybridized carbons (Fsp3) is 0.381. The van der Waals surface area contributed by atoms with Gasteiger partial charge in [0.1, 0.15) is 5.41 Å². The van der Waals surface area contributed by atoms with Crippen molar-refractivity contribution in [2.45, 2.75) is 37.9 Å². The Hall–Kier alpha value is -1.44. The predicted molar refractivity (Wildman–Crippen MR) is 117 cm³/mol. The van der Waals surface area contributed by atoms with Crippen LogP contribution in [0.2, 0.25) is 10.0 Å². The van der Waals surface area contributed by atoms with Gasteiger partial charge in [0.15, 0.2) is 0 Å². The minimum absolute atomic E-state index is 0.0688. The lowest BCUT2D eigenvalue weighted by molar-refractivity contribution is -0.184. The second-order valence-corrected chi connectivity index (χ2v) is 9.04. The monoisotopic (exact) mass is 522 g/mol. The number of hydrogen-bond donors (Lipinski definition) is 1. The van der Waals surface area contributed by atoms with E-state index in [1.807, 2.05) is 0 Å².